The summed E-state index contributed by atoms with van der Waals surface area (Å²) in [4.78, 5) is 25.7. The molecule has 2 N–H and O–H groups in total. The molecular formula is C15H24N2O3. The number of rotatable bonds is 3. The number of piperidine rings is 3. The summed E-state index contributed by atoms with van der Waals surface area (Å²) in [5.74, 6) is -0.106. The van der Waals surface area contributed by atoms with E-state index in [-0.39, 0.29) is 17.7 Å². The first-order valence-electron chi connectivity index (χ1n) is 7.89. The van der Waals surface area contributed by atoms with Crippen LogP contribution in [0.2, 0.25) is 0 Å². The van der Waals surface area contributed by atoms with Crippen LogP contribution in [0, 0.1) is 17.8 Å². The molecule has 0 aromatic carbocycles. The molecule has 1 aliphatic carbocycles. The quantitative estimate of drug-likeness (QED) is 0.812. The molecule has 0 aromatic rings. The average molecular weight is 280 g/mol. The number of carbonyl (C=O) groups excluding carboxylic acids is 1. The van der Waals surface area contributed by atoms with Crippen LogP contribution in [0.15, 0.2) is 0 Å². The van der Waals surface area contributed by atoms with Crippen molar-refractivity contribution < 1.29 is 14.7 Å². The lowest BCUT2D eigenvalue weighted by atomic mass is 9.80. The topological polar surface area (TPSA) is 69.6 Å². The summed E-state index contributed by atoms with van der Waals surface area (Å²) in [5, 5.41) is 12.2. The minimum atomic E-state index is -0.707. The molecule has 1 atom stereocenters. The molecule has 0 aromatic heterocycles. The summed E-state index contributed by atoms with van der Waals surface area (Å²) in [6.07, 6.45) is 5.16. The third-order valence-corrected chi connectivity index (χ3v) is 5.43. The second kappa shape index (κ2) is 5.72. The maximum Gasteiger partial charge on any atom is 0.306 e. The largest absolute Gasteiger partial charge is 0.481 e. The van der Waals surface area contributed by atoms with Crippen LogP contribution in [-0.4, -0.2) is 47.6 Å². The van der Waals surface area contributed by atoms with Crippen LogP contribution in [-0.2, 0) is 9.59 Å². The molecule has 3 heterocycles. The van der Waals surface area contributed by atoms with Crippen molar-refractivity contribution in [2.45, 2.75) is 44.6 Å². The number of fused-ring (bicyclic) bond motifs is 3. The fraction of sp³-hybridized carbons (Fsp3) is 0.867. The van der Waals surface area contributed by atoms with Crippen molar-refractivity contribution in [3.63, 3.8) is 0 Å². The average Bonchev–Trinajstić information content (AvgIpc) is 2.48. The van der Waals surface area contributed by atoms with Crippen molar-refractivity contribution in [2.75, 3.05) is 19.6 Å². The van der Waals surface area contributed by atoms with Crippen molar-refractivity contribution >= 4 is 11.9 Å². The number of carboxylic acids is 1. The fourth-order valence-corrected chi connectivity index (χ4v) is 4.03. The molecular weight excluding hydrogens is 256 g/mol. The van der Waals surface area contributed by atoms with Crippen LogP contribution in [0.3, 0.4) is 0 Å². The highest BCUT2D eigenvalue weighted by molar-refractivity contribution is 5.79. The van der Waals surface area contributed by atoms with Gasteiger partial charge in [-0.25, -0.2) is 0 Å². The van der Waals surface area contributed by atoms with Gasteiger partial charge in [-0.3, -0.25) is 9.59 Å². The van der Waals surface area contributed by atoms with Crippen molar-refractivity contribution in [1.82, 2.24) is 10.2 Å². The zero-order valence-electron chi connectivity index (χ0n) is 11.9. The molecule has 1 saturated carbocycles. The smallest absolute Gasteiger partial charge is 0.306 e. The number of hydrogen-bond acceptors (Lipinski definition) is 3. The van der Waals surface area contributed by atoms with E-state index >= 15 is 0 Å². The summed E-state index contributed by atoms with van der Waals surface area (Å²) >= 11 is 0. The van der Waals surface area contributed by atoms with Crippen molar-refractivity contribution in [3.8, 4) is 0 Å². The molecule has 4 rings (SSSR count). The predicted octanol–water partition coefficient (Wildman–Crippen LogP) is 1.09. The number of amides is 1. The Kier molecular flexibility index (Phi) is 3.96. The molecule has 2 bridgehead atoms. The summed E-state index contributed by atoms with van der Waals surface area (Å²) < 4.78 is 0. The van der Waals surface area contributed by atoms with E-state index in [1.54, 1.807) is 0 Å². The Morgan fingerprint density at radius 3 is 2.05 bits per heavy atom. The predicted molar refractivity (Wildman–Crippen MR) is 74.2 cm³/mol. The zero-order valence-corrected chi connectivity index (χ0v) is 11.9. The Morgan fingerprint density at radius 2 is 1.55 bits per heavy atom. The van der Waals surface area contributed by atoms with E-state index in [9.17, 15) is 9.59 Å². The highest BCUT2D eigenvalue weighted by atomic mass is 16.4. The van der Waals surface area contributed by atoms with Crippen molar-refractivity contribution in [2.24, 2.45) is 17.8 Å². The van der Waals surface area contributed by atoms with Crippen LogP contribution in [0.5, 0.6) is 0 Å². The number of carboxylic acid groups (broad SMARTS) is 1. The lowest BCUT2D eigenvalue weighted by Crippen LogP contribution is -2.58. The van der Waals surface area contributed by atoms with Crippen molar-refractivity contribution in [1.29, 1.82) is 0 Å². The van der Waals surface area contributed by atoms with Gasteiger partial charge in [0.25, 0.3) is 0 Å². The molecule has 4 fully saturated rings. The molecule has 3 saturated heterocycles. The molecule has 112 valence electrons. The summed E-state index contributed by atoms with van der Waals surface area (Å²) in [6, 6.07) is 0.321. The second-order valence-corrected chi connectivity index (χ2v) is 6.64. The van der Waals surface area contributed by atoms with Crippen LogP contribution < -0.4 is 5.32 Å². The van der Waals surface area contributed by atoms with Crippen LogP contribution in [0.25, 0.3) is 0 Å². The summed E-state index contributed by atoms with van der Waals surface area (Å²) in [7, 11) is 0. The minimum Gasteiger partial charge on any atom is -0.481 e. The van der Waals surface area contributed by atoms with Gasteiger partial charge >= 0.3 is 5.97 Å². The molecule has 20 heavy (non-hydrogen) atoms. The van der Waals surface area contributed by atoms with Gasteiger partial charge < -0.3 is 15.3 Å². The van der Waals surface area contributed by atoms with E-state index in [0.717, 1.165) is 19.4 Å². The summed E-state index contributed by atoms with van der Waals surface area (Å²) in [6.45, 7) is 3.36. The summed E-state index contributed by atoms with van der Waals surface area (Å²) in [5.41, 5.74) is 0. The number of carbonyl (C=O) groups is 2. The van der Waals surface area contributed by atoms with Crippen molar-refractivity contribution in [3.05, 3.63) is 0 Å². The number of nitrogens with one attached hydrogen (secondary N) is 1. The fourth-order valence-electron chi connectivity index (χ4n) is 4.03. The van der Waals surface area contributed by atoms with Gasteiger partial charge in [0.2, 0.25) is 5.91 Å². The van der Waals surface area contributed by atoms with Gasteiger partial charge in [-0.1, -0.05) is 0 Å². The van der Waals surface area contributed by atoms with Crippen LogP contribution >= 0.6 is 0 Å². The van der Waals surface area contributed by atoms with E-state index in [1.165, 1.54) is 25.9 Å². The molecule has 3 aliphatic heterocycles. The zero-order chi connectivity index (χ0) is 14.1. The second-order valence-electron chi connectivity index (χ2n) is 6.64. The SMILES string of the molecule is O=C(O)C1CCC(C(=O)NC2CN3CCC2CC3)CC1. The minimum absolute atomic E-state index is 0.0288. The maximum absolute atomic E-state index is 12.3. The highest BCUT2D eigenvalue weighted by Crippen LogP contribution is 2.31. The molecule has 1 unspecified atom stereocenters. The lowest BCUT2D eigenvalue weighted by Gasteiger charge is -2.45. The Balaban J connectivity index is 1.49. The van der Waals surface area contributed by atoms with Gasteiger partial charge in [-0.05, 0) is 57.5 Å². The van der Waals surface area contributed by atoms with E-state index < -0.39 is 5.97 Å². The molecule has 5 heteroatoms. The highest BCUT2D eigenvalue weighted by Gasteiger charge is 2.37. The number of aliphatic carboxylic acids is 1. The lowest BCUT2D eigenvalue weighted by molar-refractivity contribution is -0.144. The van der Waals surface area contributed by atoms with Gasteiger partial charge in [0.1, 0.15) is 0 Å². The normalized spacial score (nSPS) is 40.3. The first-order valence-corrected chi connectivity index (χ1v) is 7.89. The Labute approximate surface area is 119 Å². The molecule has 4 aliphatic rings. The maximum atomic E-state index is 12.3. The van der Waals surface area contributed by atoms with E-state index in [0.29, 0.717) is 24.8 Å². The van der Waals surface area contributed by atoms with Gasteiger partial charge in [-0.2, -0.15) is 0 Å². The van der Waals surface area contributed by atoms with Gasteiger partial charge in [0.15, 0.2) is 0 Å². The first-order chi connectivity index (χ1) is 9.63. The first kappa shape index (κ1) is 13.9. The third-order valence-electron chi connectivity index (χ3n) is 5.43. The molecule has 1 amide bonds. The number of nitrogens with zero attached hydrogens (tertiary/aromatic N) is 1. The molecule has 5 nitrogen and oxygen atoms in total. The van der Waals surface area contributed by atoms with E-state index in [2.05, 4.69) is 10.2 Å². The Hall–Kier alpha value is -1.10. The monoisotopic (exact) mass is 280 g/mol. The van der Waals surface area contributed by atoms with Gasteiger partial charge in [0, 0.05) is 18.5 Å². The standard InChI is InChI=1S/C15H24N2O3/c18-14(11-1-3-12(4-2-11)15(19)20)16-13-9-17-7-5-10(13)6-8-17/h10-13H,1-9H2,(H,16,18)(H,19,20). The molecule has 0 spiro atoms. The Bertz CT molecular complexity index is 383. The number of hydrogen-bond donors (Lipinski definition) is 2. The van der Waals surface area contributed by atoms with Gasteiger partial charge in [0.05, 0.1) is 5.92 Å². The van der Waals surface area contributed by atoms with Crippen LogP contribution in [0.4, 0.5) is 0 Å². The molecule has 0 radical (unpaired) electrons. The third kappa shape index (κ3) is 2.82. The van der Waals surface area contributed by atoms with Crippen LogP contribution in [0.1, 0.15) is 38.5 Å². The van der Waals surface area contributed by atoms with E-state index in [4.69, 9.17) is 5.11 Å². The Morgan fingerprint density at radius 1 is 0.950 bits per heavy atom. The van der Waals surface area contributed by atoms with Gasteiger partial charge in [-0.15, -0.1) is 0 Å². The van der Waals surface area contributed by atoms with E-state index in [1.807, 2.05) is 0 Å².